The highest BCUT2D eigenvalue weighted by atomic mass is 16.5. The Morgan fingerprint density at radius 2 is 1.53 bits per heavy atom. The zero-order valence-corrected chi connectivity index (χ0v) is 18.5. The molecule has 2 N–H and O–H groups in total. The molecule has 0 bridgehead atoms. The van der Waals surface area contributed by atoms with Gasteiger partial charge in [0.15, 0.2) is 0 Å². The predicted molar refractivity (Wildman–Crippen MR) is 109 cm³/mol. The lowest BCUT2D eigenvalue weighted by Gasteiger charge is -2.21. The van der Waals surface area contributed by atoms with Crippen LogP contribution in [0.15, 0.2) is 5.11 Å². The van der Waals surface area contributed by atoms with E-state index in [0.29, 0.717) is 19.4 Å². The normalized spacial score (nSPS) is 11.2. The summed E-state index contributed by atoms with van der Waals surface area (Å²) in [7, 11) is 3.41. The number of unbranched alkanes of at least 4 members (excludes halogenated alkanes) is 1. The molecule has 1 atom stereocenters. The maximum atomic E-state index is 12.0. The molecule has 0 aliphatic heterocycles. The molecule has 0 aromatic rings. The minimum absolute atomic E-state index is 0.133. The summed E-state index contributed by atoms with van der Waals surface area (Å²) in [6.07, 6.45) is 1.27. The second-order valence-electron chi connectivity index (χ2n) is 6.19. The van der Waals surface area contributed by atoms with Crippen LogP contribution in [0, 0.1) is 0 Å². The second kappa shape index (κ2) is 18.8. The monoisotopic (exact) mass is 461 g/mol. The van der Waals surface area contributed by atoms with E-state index in [1.165, 1.54) is 7.11 Å². The molecule has 182 valence electrons. The van der Waals surface area contributed by atoms with E-state index in [1.54, 1.807) is 0 Å². The van der Waals surface area contributed by atoms with Gasteiger partial charge in [0.25, 0.3) is 0 Å². The number of carbonyl (C=O) groups excluding carboxylic acids is 4. The van der Waals surface area contributed by atoms with Gasteiger partial charge < -0.3 is 29.0 Å². The largest absolute Gasteiger partial charge is 0.468 e. The molecule has 0 aliphatic rings. The third kappa shape index (κ3) is 13.4. The molecule has 1 unspecified atom stereocenters. The van der Waals surface area contributed by atoms with E-state index in [1.807, 2.05) is 0 Å². The van der Waals surface area contributed by atoms with Gasteiger partial charge in [0.2, 0.25) is 11.9 Å². The Morgan fingerprint density at radius 3 is 2.12 bits per heavy atom. The molecule has 1 amide bonds. The van der Waals surface area contributed by atoms with Gasteiger partial charge in [-0.2, -0.15) is 0 Å². The van der Waals surface area contributed by atoms with Crippen molar-refractivity contribution >= 4 is 23.8 Å². The zero-order chi connectivity index (χ0) is 24.2. The molecule has 0 saturated carbocycles. The SMILES string of the molecule is COC(=O)C(CCCCNC(=O)COCCOCCN=[N+]=[N-])NC(C(=O)OC)C(=O)OC. The van der Waals surface area contributed by atoms with Crippen molar-refractivity contribution in [1.29, 1.82) is 0 Å². The first-order valence-electron chi connectivity index (χ1n) is 9.83. The quantitative estimate of drug-likeness (QED) is 0.0510. The smallest absolute Gasteiger partial charge is 0.334 e. The number of methoxy groups -OCH3 is 3. The molecule has 0 aromatic carbocycles. The minimum atomic E-state index is -1.46. The molecular weight excluding hydrogens is 430 g/mol. The van der Waals surface area contributed by atoms with Crippen molar-refractivity contribution in [3.63, 3.8) is 0 Å². The van der Waals surface area contributed by atoms with Crippen molar-refractivity contribution in [2.75, 3.05) is 60.8 Å². The standard InChI is InChI=1S/C18H31N5O9/c1-28-16(25)13(22-15(17(26)29-2)18(27)30-3)6-4-5-7-20-14(24)12-32-11-10-31-9-8-21-23-19/h13,15,22H,4-12H2,1-3H3,(H,20,24). The molecule has 32 heavy (non-hydrogen) atoms. The minimum Gasteiger partial charge on any atom is -0.468 e. The molecule has 0 heterocycles. The lowest BCUT2D eigenvalue weighted by molar-refractivity contribution is -0.156. The summed E-state index contributed by atoms with van der Waals surface area (Å²) < 4.78 is 24.1. The van der Waals surface area contributed by atoms with Crippen LogP contribution in [-0.2, 0) is 42.9 Å². The van der Waals surface area contributed by atoms with Gasteiger partial charge >= 0.3 is 17.9 Å². The Balaban J connectivity index is 4.19. The van der Waals surface area contributed by atoms with Gasteiger partial charge in [-0.1, -0.05) is 5.11 Å². The fraction of sp³-hybridized carbons (Fsp3) is 0.778. The molecule has 0 radical (unpaired) electrons. The van der Waals surface area contributed by atoms with Crippen LogP contribution in [0.25, 0.3) is 10.4 Å². The number of nitrogens with one attached hydrogen (secondary N) is 2. The van der Waals surface area contributed by atoms with Crippen LogP contribution in [0.4, 0.5) is 0 Å². The number of esters is 3. The van der Waals surface area contributed by atoms with Crippen LogP contribution in [-0.4, -0.2) is 96.7 Å². The Kier molecular flexibility index (Phi) is 17.1. The summed E-state index contributed by atoms with van der Waals surface area (Å²) in [5.74, 6) is -2.74. The third-order valence-corrected chi connectivity index (χ3v) is 3.97. The number of ether oxygens (including phenoxy) is 5. The number of rotatable bonds is 18. The van der Waals surface area contributed by atoms with E-state index >= 15 is 0 Å². The molecule has 14 heteroatoms. The highest BCUT2D eigenvalue weighted by molar-refractivity contribution is 5.99. The van der Waals surface area contributed by atoms with E-state index in [4.69, 9.17) is 19.7 Å². The van der Waals surface area contributed by atoms with Gasteiger partial charge in [0.1, 0.15) is 12.6 Å². The zero-order valence-electron chi connectivity index (χ0n) is 18.5. The summed E-state index contributed by atoms with van der Waals surface area (Å²) in [5, 5.41) is 8.57. The van der Waals surface area contributed by atoms with Crippen LogP contribution in [0.5, 0.6) is 0 Å². The topological polar surface area (TPSA) is 187 Å². The molecule has 0 aliphatic carbocycles. The van der Waals surface area contributed by atoms with Crippen molar-refractivity contribution in [3.8, 4) is 0 Å². The molecule has 0 saturated heterocycles. The Morgan fingerprint density at radius 1 is 0.906 bits per heavy atom. The Bertz CT molecular complexity index is 624. The summed E-state index contributed by atoms with van der Waals surface area (Å²) >= 11 is 0. The summed E-state index contributed by atoms with van der Waals surface area (Å²) in [5.41, 5.74) is 8.10. The van der Waals surface area contributed by atoms with Gasteiger partial charge in [0.05, 0.1) is 41.2 Å². The fourth-order valence-electron chi connectivity index (χ4n) is 2.37. The van der Waals surface area contributed by atoms with Gasteiger partial charge in [-0.3, -0.25) is 14.9 Å². The van der Waals surface area contributed by atoms with Crippen molar-refractivity contribution in [1.82, 2.24) is 10.6 Å². The number of amides is 1. The van der Waals surface area contributed by atoms with Gasteiger partial charge in [-0.25, -0.2) is 9.59 Å². The number of carbonyl (C=O) groups is 4. The molecule has 0 fully saturated rings. The van der Waals surface area contributed by atoms with Gasteiger partial charge in [-0.05, 0) is 24.8 Å². The molecular formula is C18H31N5O9. The van der Waals surface area contributed by atoms with Gasteiger partial charge in [-0.15, -0.1) is 0 Å². The molecule has 14 nitrogen and oxygen atoms in total. The van der Waals surface area contributed by atoms with Crippen molar-refractivity contribution in [2.45, 2.75) is 31.3 Å². The number of azide groups is 1. The van der Waals surface area contributed by atoms with Crippen LogP contribution < -0.4 is 10.6 Å². The predicted octanol–water partition coefficient (Wildman–Crippen LogP) is -0.538. The maximum Gasteiger partial charge on any atom is 0.334 e. The van der Waals surface area contributed by atoms with Crippen LogP contribution >= 0.6 is 0 Å². The van der Waals surface area contributed by atoms with Crippen LogP contribution in [0.3, 0.4) is 0 Å². The van der Waals surface area contributed by atoms with Crippen LogP contribution in [0.2, 0.25) is 0 Å². The fourth-order valence-corrected chi connectivity index (χ4v) is 2.37. The first-order chi connectivity index (χ1) is 15.4. The van der Waals surface area contributed by atoms with E-state index in [0.717, 1.165) is 14.2 Å². The molecule has 0 rings (SSSR count). The first kappa shape index (κ1) is 29.1. The first-order valence-corrected chi connectivity index (χ1v) is 9.83. The summed E-state index contributed by atoms with van der Waals surface area (Å²) in [6, 6.07) is -2.41. The van der Waals surface area contributed by atoms with E-state index in [-0.39, 0.29) is 45.3 Å². The van der Waals surface area contributed by atoms with Crippen molar-refractivity contribution in [3.05, 3.63) is 10.4 Å². The number of nitrogens with zero attached hydrogens (tertiary/aromatic N) is 3. The number of hydrogen-bond donors (Lipinski definition) is 2. The second-order valence-corrected chi connectivity index (χ2v) is 6.19. The van der Waals surface area contributed by atoms with Crippen LogP contribution in [0.1, 0.15) is 19.3 Å². The third-order valence-electron chi connectivity index (χ3n) is 3.97. The highest BCUT2D eigenvalue weighted by Crippen LogP contribution is 2.06. The van der Waals surface area contributed by atoms with E-state index < -0.39 is 30.0 Å². The Hall–Kier alpha value is -2.93. The Labute approximate surface area is 185 Å². The average molecular weight is 461 g/mol. The lowest BCUT2D eigenvalue weighted by atomic mass is 10.1. The van der Waals surface area contributed by atoms with Crippen molar-refractivity contribution in [2.24, 2.45) is 5.11 Å². The van der Waals surface area contributed by atoms with E-state index in [2.05, 4.69) is 30.1 Å². The maximum absolute atomic E-state index is 12.0. The number of hydrogen-bond acceptors (Lipinski definition) is 11. The average Bonchev–Trinajstić information content (AvgIpc) is 2.80. The summed E-state index contributed by atoms with van der Waals surface area (Å²) in [4.78, 5) is 49.8. The molecule has 0 spiro atoms. The van der Waals surface area contributed by atoms with Crippen molar-refractivity contribution < 1.29 is 42.9 Å². The summed E-state index contributed by atoms with van der Waals surface area (Å²) in [6.45, 7) is 1.21. The van der Waals surface area contributed by atoms with E-state index in [9.17, 15) is 19.2 Å². The lowest BCUT2D eigenvalue weighted by Crippen LogP contribution is -2.52. The molecule has 0 aromatic heterocycles. The van der Waals surface area contributed by atoms with Gasteiger partial charge in [0, 0.05) is 18.0 Å². The highest BCUT2D eigenvalue weighted by Gasteiger charge is 2.33.